The molecule has 0 aliphatic heterocycles. The van der Waals surface area contributed by atoms with Crippen LogP contribution in [0.3, 0.4) is 0 Å². The Hall–Kier alpha value is -1.07. The number of hydrogen-bond acceptors (Lipinski definition) is 4. The lowest BCUT2D eigenvalue weighted by Crippen LogP contribution is -2.27. The molecule has 1 aromatic rings. The predicted molar refractivity (Wildman–Crippen MR) is 73.6 cm³/mol. The van der Waals surface area contributed by atoms with E-state index in [-0.39, 0.29) is 11.0 Å². The van der Waals surface area contributed by atoms with Crippen LogP contribution in [0.2, 0.25) is 0 Å². The predicted octanol–water partition coefficient (Wildman–Crippen LogP) is 1.61. The van der Waals surface area contributed by atoms with Crippen molar-refractivity contribution in [1.82, 2.24) is 5.32 Å². The van der Waals surface area contributed by atoms with Gasteiger partial charge in [0, 0.05) is 18.7 Å². The molecule has 0 atom stereocenters. The standard InChI is InChI=1S/C13H21NO3S/c1-11(2)18(15,16)9-8-14-10-12-6-4-5-7-13(12)17-3/h4-7,11,14H,8-10H2,1-3H3. The zero-order valence-corrected chi connectivity index (χ0v) is 12.0. The highest BCUT2D eigenvalue weighted by Crippen LogP contribution is 2.16. The first-order chi connectivity index (χ1) is 8.47. The summed E-state index contributed by atoms with van der Waals surface area (Å²) in [5.41, 5.74) is 1.03. The molecule has 0 saturated heterocycles. The van der Waals surface area contributed by atoms with Gasteiger partial charge in [0.05, 0.1) is 18.1 Å². The number of sulfone groups is 1. The van der Waals surface area contributed by atoms with E-state index in [4.69, 9.17) is 4.74 Å². The monoisotopic (exact) mass is 271 g/mol. The fraction of sp³-hybridized carbons (Fsp3) is 0.538. The molecule has 1 N–H and O–H groups in total. The molecular formula is C13H21NO3S. The van der Waals surface area contributed by atoms with Crippen molar-refractivity contribution in [2.24, 2.45) is 0 Å². The van der Waals surface area contributed by atoms with Crippen molar-refractivity contribution in [3.05, 3.63) is 29.8 Å². The van der Waals surface area contributed by atoms with Crippen LogP contribution in [0, 0.1) is 0 Å². The fourth-order valence-corrected chi connectivity index (χ4v) is 2.42. The van der Waals surface area contributed by atoms with Crippen molar-refractivity contribution in [2.45, 2.75) is 25.6 Å². The third-order valence-corrected chi connectivity index (χ3v) is 5.00. The number of rotatable bonds is 7. The lowest BCUT2D eigenvalue weighted by Gasteiger charge is -2.10. The van der Waals surface area contributed by atoms with E-state index in [0.717, 1.165) is 11.3 Å². The van der Waals surface area contributed by atoms with E-state index >= 15 is 0 Å². The third kappa shape index (κ3) is 4.31. The number of benzene rings is 1. The lowest BCUT2D eigenvalue weighted by atomic mass is 10.2. The Morgan fingerprint density at radius 2 is 1.94 bits per heavy atom. The van der Waals surface area contributed by atoms with Gasteiger partial charge in [-0.2, -0.15) is 0 Å². The Morgan fingerprint density at radius 3 is 2.56 bits per heavy atom. The highest BCUT2D eigenvalue weighted by Gasteiger charge is 2.14. The Balaban J connectivity index is 2.43. The normalized spacial score (nSPS) is 11.8. The molecule has 4 nitrogen and oxygen atoms in total. The number of hydrogen-bond donors (Lipinski definition) is 1. The summed E-state index contributed by atoms with van der Waals surface area (Å²) in [6, 6.07) is 7.70. The molecule has 0 amide bonds. The number of methoxy groups -OCH3 is 1. The van der Waals surface area contributed by atoms with Gasteiger partial charge in [0.15, 0.2) is 9.84 Å². The maximum Gasteiger partial charge on any atom is 0.153 e. The summed E-state index contributed by atoms with van der Waals surface area (Å²) in [6.07, 6.45) is 0. The Bertz CT molecular complexity index is 469. The minimum absolute atomic E-state index is 0.166. The molecule has 1 rings (SSSR count). The second-order valence-corrected chi connectivity index (χ2v) is 7.08. The first-order valence-electron chi connectivity index (χ1n) is 6.01. The van der Waals surface area contributed by atoms with Crippen molar-refractivity contribution in [3.63, 3.8) is 0 Å². The molecule has 0 spiro atoms. The summed E-state index contributed by atoms with van der Waals surface area (Å²) in [7, 11) is -1.34. The van der Waals surface area contributed by atoms with E-state index in [2.05, 4.69) is 5.32 Å². The van der Waals surface area contributed by atoms with E-state index in [1.807, 2.05) is 24.3 Å². The summed E-state index contributed by atoms with van der Waals surface area (Å²) >= 11 is 0. The van der Waals surface area contributed by atoms with Gasteiger partial charge >= 0.3 is 0 Å². The molecule has 102 valence electrons. The minimum Gasteiger partial charge on any atom is -0.496 e. The molecule has 0 saturated carbocycles. The van der Waals surface area contributed by atoms with Crippen LogP contribution in [0.15, 0.2) is 24.3 Å². The number of nitrogens with one attached hydrogen (secondary N) is 1. The second kappa shape index (κ2) is 6.75. The van der Waals surface area contributed by atoms with Gasteiger partial charge in [-0.05, 0) is 19.9 Å². The van der Waals surface area contributed by atoms with Gasteiger partial charge in [0.25, 0.3) is 0 Å². The maximum atomic E-state index is 11.6. The van der Waals surface area contributed by atoms with Gasteiger partial charge in [-0.3, -0.25) is 0 Å². The smallest absolute Gasteiger partial charge is 0.153 e. The number of ether oxygens (including phenoxy) is 1. The molecular weight excluding hydrogens is 250 g/mol. The summed E-state index contributed by atoms with van der Waals surface area (Å²) in [5.74, 6) is 0.983. The highest BCUT2D eigenvalue weighted by atomic mass is 32.2. The fourth-order valence-electron chi connectivity index (χ4n) is 1.52. The third-order valence-electron chi connectivity index (χ3n) is 2.79. The van der Waals surface area contributed by atoms with Gasteiger partial charge in [0.1, 0.15) is 5.75 Å². The van der Waals surface area contributed by atoms with Crippen LogP contribution in [-0.4, -0.2) is 33.1 Å². The van der Waals surface area contributed by atoms with Crippen LogP contribution in [-0.2, 0) is 16.4 Å². The molecule has 0 heterocycles. The van der Waals surface area contributed by atoms with Crippen LogP contribution in [0.25, 0.3) is 0 Å². The SMILES string of the molecule is COc1ccccc1CNCCS(=O)(=O)C(C)C. The minimum atomic E-state index is -2.96. The highest BCUT2D eigenvalue weighted by molar-refractivity contribution is 7.92. The van der Waals surface area contributed by atoms with E-state index in [1.165, 1.54) is 0 Å². The van der Waals surface area contributed by atoms with Crippen LogP contribution < -0.4 is 10.1 Å². The van der Waals surface area contributed by atoms with E-state index in [1.54, 1.807) is 21.0 Å². The molecule has 0 aliphatic carbocycles. The molecule has 0 radical (unpaired) electrons. The second-order valence-electron chi connectivity index (χ2n) is 4.40. The largest absolute Gasteiger partial charge is 0.496 e. The average Bonchev–Trinajstić information content (AvgIpc) is 2.35. The van der Waals surface area contributed by atoms with Gasteiger partial charge in [-0.25, -0.2) is 8.42 Å². The van der Waals surface area contributed by atoms with Gasteiger partial charge in [-0.15, -0.1) is 0 Å². The van der Waals surface area contributed by atoms with Crippen LogP contribution in [0.1, 0.15) is 19.4 Å². The summed E-state index contributed by atoms with van der Waals surface area (Å²) in [6.45, 7) is 4.47. The van der Waals surface area contributed by atoms with Crippen molar-refractivity contribution in [1.29, 1.82) is 0 Å². The zero-order valence-electron chi connectivity index (χ0n) is 11.1. The summed E-state index contributed by atoms with van der Waals surface area (Å²) in [5, 5.41) is 2.81. The first kappa shape index (κ1) is 15.0. The first-order valence-corrected chi connectivity index (χ1v) is 7.73. The lowest BCUT2D eigenvalue weighted by molar-refractivity contribution is 0.408. The molecule has 5 heteroatoms. The molecule has 0 fully saturated rings. The van der Waals surface area contributed by atoms with Crippen LogP contribution in [0.4, 0.5) is 0 Å². The summed E-state index contributed by atoms with van der Waals surface area (Å²) in [4.78, 5) is 0. The van der Waals surface area contributed by atoms with E-state index < -0.39 is 9.84 Å². The molecule has 18 heavy (non-hydrogen) atoms. The summed E-state index contributed by atoms with van der Waals surface area (Å²) < 4.78 is 28.4. The van der Waals surface area contributed by atoms with Gasteiger partial charge in [0.2, 0.25) is 0 Å². The Labute approximate surface area is 109 Å². The van der Waals surface area contributed by atoms with Crippen molar-refractivity contribution >= 4 is 9.84 Å². The molecule has 0 aromatic heterocycles. The zero-order chi connectivity index (χ0) is 13.6. The van der Waals surface area contributed by atoms with Crippen molar-refractivity contribution in [2.75, 3.05) is 19.4 Å². The van der Waals surface area contributed by atoms with Crippen molar-refractivity contribution in [3.8, 4) is 5.75 Å². The van der Waals surface area contributed by atoms with Crippen LogP contribution >= 0.6 is 0 Å². The van der Waals surface area contributed by atoms with Gasteiger partial charge < -0.3 is 10.1 Å². The van der Waals surface area contributed by atoms with Crippen molar-refractivity contribution < 1.29 is 13.2 Å². The Kier molecular flexibility index (Phi) is 5.62. The quantitative estimate of drug-likeness (QED) is 0.766. The van der Waals surface area contributed by atoms with E-state index in [0.29, 0.717) is 13.1 Å². The molecule has 0 bridgehead atoms. The topological polar surface area (TPSA) is 55.4 Å². The number of para-hydroxylation sites is 1. The van der Waals surface area contributed by atoms with Crippen LogP contribution in [0.5, 0.6) is 5.75 Å². The average molecular weight is 271 g/mol. The molecule has 0 unspecified atom stereocenters. The molecule has 0 aliphatic rings. The maximum absolute atomic E-state index is 11.6. The van der Waals surface area contributed by atoms with Gasteiger partial charge in [-0.1, -0.05) is 18.2 Å². The molecule has 1 aromatic carbocycles. The van der Waals surface area contributed by atoms with E-state index in [9.17, 15) is 8.42 Å². The Morgan fingerprint density at radius 1 is 1.28 bits per heavy atom.